The first-order valence-electron chi connectivity index (χ1n) is 11.5. The van der Waals surface area contributed by atoms with Gasteiger partial charge >= 0.3 is 0 Å². The Morgan fingerprint density at radius 3 is 2.37 bits per heavy atom. The highest BCUT2D eigenvalue weighted by molar-refractivity contribution is 6.03. The van der Waals surface area contributed by atoms with Gasteiger partial charge < -0.3 is 20.5 Å². The molecular formula is C29H25FN2O3. The molecule has 5 aromatic rings. The summed E-state index contributed by atoms with van der Waals surface area (Å²) in [4.78, 5) is 16.9. The highest BCUT2D eigenvalue weighted by Crippen LogP contribution is 2.38. The average molecular weight is 469 g/mol. The van der Waals surface area contributed by atoms with Crippen molar-refractivity contribution >= 4 is 27.6 Å². The molecule has 5 nitrogen and oxygen atoms in total. The van der Waals surface area contributed by atoms with E-state index in [1.54, 1.807) is 30.3 Å². The number of amides is 1. The molecule has 0 bridgehead atoms. The lowest BCUT2D eigenvalue weighted by Crippen LogP contribution is -2.32. The number of benzene rings is 4. The van der Waals surface area contributed by atoms with E-state index < -0.39 is 11.9 Å². The number of phenolic OH excluding ortho intramolecular Hbond substituents is 2. The van der Waals surface area contributed by atoms with Crippen molar-refractivity contribution in [2.24, 2.45) is 5.92 Å². The van der Waals surface area contributed by atoms with Gasteiger partial charge in [0.2, 0.25) is 0 Å². The molecule has 0 aliphatic carbocycles. The number of aromatic nitrogens is 1. The quantitative estimate of drug-likeness (QED) is 0.233. The number of carbonyl (C=O) groups excluding carboxylic acids is 1. The number of halogens is 1. The van der Waals surface area contributed by atoms with Crippen molar-refractivity contribution in [3.8, 4) is 22.6 Å². The maximum Gasteiger partial charge on any atom is 0.255 e. The van der Waals surface area contributed by atoms with E-state index >= 15 is 0 Å². The number of hydrogen-bond acceptors (Lipinski definition) is 3. The van der Waals surface area contributed by atoms with E-state index in [2.05, 4.69) is 10.3 Å². The lowest BCUT2D eigenvalue weighted by Gasteiger charge is -2.24. The first-order valence-corrected chi connectivity index (χ1v) is 11.5. The van der Waals surface area contributed by atoms with E-state index in [0.717, 1.165) is 27.7 Å². The number of H-pyrrole nitrogens is 1. The average Bonchev–Trinajstić information content (AvgIpc) is 3.22. The van der Waals surface area contributed by atoms with Crippen molar-refractivity contribution < 1.29 is 19.4 Å². The molecule has 176 valence electrons. The summed E-state index contributed by atoms with van der Waals surface area (Å²) in [6.45, 7) is 4.01. The van der Waals surface area contributed by atoms with Crippen LogP contribution >= 0.6 is 0 Å². The molecular weight excluding hydrogens is 443 g/mol. The summed E-state index contributed by atoms with van der Waals surface area (Å²) in [5.41, 5.74) is 3.56. The molecule has 0 aliphatic rings. The second kappa shape index (κ2) is 8.80. The number of carbonyl (C=O) groups is 1. The maximum atomic E-state index is 13.7. The van der Waals surface area contributed by atoms with Gasteiger partial charge in [0, 0.05) is 27.5 Å². The molecule has 4 aromatic carbocycles. The molecule has 0 fully saturated rings. The molecule has 35 heavy (non-hydrogen) atoms. The molecule has 1 aromatic heterocycles. The van der Waals surface area contributed by atoms with Crippen molar-refractivity contribution in [2.75, 3.05) is 0 Å². The topological polar surface area (TPSA) is 85.3 Å². The molecule has 6 heteroatoms. The maximum absolute atomic E-state index is 13.7. The van der Waals surface area contributed by atoms with E-state index in [1.165, 1.54) is 24.3 Å². The zero-order valence-electron chi connectivity index (χ0n) is 19.3. The monoisotopic (exact) mass is 468 g/mol. The second-order valence-electron chi connectivity index (χ2n) is 9.03. The van der Waals surface area contributed by atoms with Gasteiger partial charge in [-0.25, -0.2) is 4.39 Å². The van der Waals surface area contributed by atoms with Crippen LogP contribution in [-0.2, 0) is 0 Å². The van der Waals surface area contributed by atoms with Gasteiger partial charge in [-0.3, -0.25) is 4.79 Å². The molecule has 5 rings (SSSR count). The van der Waals surface area contributed by atoms with Gasteiger partial charge in [-0.15, -0.1) is 0 Å². The summed E-state index contributed by atoms with van der Waals surface area (Å²) in [6.07, 6.45) is 0. The number of nitrogens with one attached hydrogen (secondary N) is 2. The lowest BCUT2D eigenvalue weighted by molar-refractivity contribution is 0.0922. The summed E-state index contributed by atoms with van der Waals surface area (Å²) in [7, 11) is 0. The van der Waals surface area contributed by atoms with Gasteiger partial charge in [-0.05, 0) is 53.3 Å². The summed E-state index contributed by atoms with van der Waals surface area (Å²) in [6, 6.07) is 21.7. The van der Waals surface area contributed by atoms with Gasteiger partial charge in [0.15, 0.2) is 0 Å². The predicted octanol–water partition coefficient (Wildman–Crippen LogP) is 6.67. The van der Waals surface area contributed by atoms with Crippen LogP contribution in [0.15, 0.2) is 78.9 Å². The minimum absolute atomic E-state index is 0.00199. The zero-order valence-corrected chi connectivity index (χ0v) is 19.3. The summed E-state index contributed by atoms with van der Waals surface area (Å²) in [5, 5.41) is 25.8. The number of fused-ring (bicyclic) bond motifs is 2. The van der Waals surface area contributed by atoms with Gasteiger partial charge in [0.1, 0.15) is 17.3 Å². The van der Waals surface area contributed by atoms with Crippen molar-refractivity contribution in [1.82, 2.24) is 10.3 Å². The Bertz CT molecular complexity index is 1550. The summed E-state index contributed by atoms with van der Waals surface area (Å²) in [5.74, 6) is -0.934. The van der Waals surface area contributed by atoms with Gasteiger partial charge in [-0.2, -0.15) is 0 Å². The van der Waals surface area contributed by atoms with Crippen LogP contribution in [0.2, 0.25) is 0 Å². The van der Waals surface area contributed by atoms with Crippen molar-refractivity contribution in [3.05, 3.63) is 95.9 Å². The van der Waals surface area contributed by atoms with Crippen LogP contribution in [0.1, 0.15) is 35.9 Å². The Labute approximate surface area is 201 Å². The standard InChI is InChI=1S/C29H25FN2O3/c1-16(2)27(32-29(35)22-14-18-6-5-9-24(33)21(18)15-25(22)34)28-26(17-10-12-19(30)13-11-17)20-7-3-4-8-23(20)31-28/h3-16,27,31,33-34H,1-2H3,(H,32,35). The van der Waals surface area contributed by atoms with Crippen molar-refractivity contribution in [3.63, 3.8) is 0 Å². The SMILES string of the molecule is CC(C)C(NC(=O)c1cc2cccc(O)c2cc1O)c1[nH]c2ccccc2c1-c1ccc(F)cc1. The first-order chi connectivity index (χ1) is 16.8. The Morgan fingerprint density at radius 1 is 0.886 bits per heavy atom. The fourth-order valence-electron chi connectivity index (χ4n) is 4.59. The number of hydrogen-bond donors (Lipinski definition) is 4. The van der Waals surface area contributed by atoms with Gasteiger partial charge in [-0.1, -0.05) is 56.3 Å². The molecule has 4 N–H and O–H groups in total. The third-order valence-corrected chi connectivity index (χ3v) is 6.35. The van der Waals surface area contributed by atoms with Crippen molar-refractivity contribution in [2.45, 2.75) is 19.9 Å². The molecule has 0 saturated carbocycles. The van der Waals surface area contributed by atoms with Crippen molar-refractivity contribution in [1.29, 1.82) is 0 Å². The van der Waals surface area contributed by atoms with E-state index in [9.17, 15) is 19.4 Å². The second-order valence-corrected chi connectivity index (χ2v) is 9.03. The molecule has 0 saturated heterocycles. The van der Waals surface area contributed by atoms with Crippen LogP contribution in [0.4, 0.5) is 4.39 Å². The number of rotatable bonds is 5. The van der Waals surface area contributed by atoms with Crippen LogP contribution in [0, 0.1) is 11.7 Å². The largest absolute Gasteiger partial charge is 0.507 e. The Balaban J connectivity index is 1.60. The number of para-hydroxylation sites is 1. The predicted molar refractivity (Wildman–Crippen MR) is 136 cm³/mol. The lowest BCUT2D eigenvalue weighted by atomic mass is 9.93. The van der Waals surface area contributed by atoms with E-state index in [0.29, 0.717) is 10.8 Å². The van der Waals surface area contributed by atoms with E-state index in [4.69, 9.17) is 0 Å². The number of aromatic hydroxyl groups is 2. The van der Waals surface area contributed by atoms with E-state index in [1.807, 2.05) is 38.1 Å². The van der Waals surface area contributed by atoms with Crippen LogP contribution in [0.5, 0.6) is 11.5 Å². The zero-order chi connectivity index (χ0) is 24.7. The fraction of sp³-hybridized carbons (Fsp3) is 0.138. The molecule has 1 unspecified atom stereocenters. The van der Waals surface area contributed by atoms with Crippen LogP contribution in [-0.4, -0.2) is 21.1 Å². The molecule has 1 atom stereocenters. The highest BCUT2D eigenvalue weighted by atomic mass is 19.1. The van der Waals surface area contributed by atoms with Crippen LogP contribution in [0.3, 0.4) is 0 Å². The third-order valence-electron chi connectivity index (χ3n) is 6.35. The summed E-state index contributed by atoms with van der Waals surface area (Å²) >= 11 is 0. The molecule has 0 aliphatic heterocycles. The smallest absolute Gasteiger partial charge is 0.255 e. The number of aromatic amines is 1. The fourth-order valence-corrected chi connectivity index (χ4v) is 4.59. The molecule has 1 heterocycles. The molecule has 0 spiro atoms. The minimum Gasteiger partial charge on any atom is -0.507 e. The van der Waals surface area contributed by atoms with Crippen LogP contribution < -0.4 is 5.32 Å². The summed E-state index contributed by atoms with van der Waals surface area (Å²) < 4.78 is 13.7. The first kappa shape index (κ1) is 22.5. The van der Waals surface area contributed by atoms with Gasteiger partial charge in [0.25, 0.3) is 5.91 Å². The molecule has 0 radical (unpaired) electrons. The van der Waals surface area contributed by atoms with Crippen LogP contribution in [0.25, 0.3) is 32.8 Å². The Kier molecular flexibility index (Phi) is 5.65. The normalized spacial score (nSPS) is 12.3. The third kappa shape index (κ3) is 4.08. The Morgan fingerprint density at radius 2 is 1.63 bits per heavy atom. The van der Waals surface area contributed by atoms with Gasteiger partial charge in [0.05, 0.1) is 11.6 Å². The Hall–Kier alpha value is -4.32. The highest BCUT2D eigenvalue weighted by Gasteiger charge is 2.27. The van der Waals surface area contributed by atoms with E-state index in [-0.39, 0.29) is 28.8 Å². The minimum atomic E-state index is -0.435. The number of phenols is 2. The molecule has 1 amide bonds.